The Morgan fingerprint density at radius 2 is 0.927 bits per heavy atom. The molecule has 4 atom stereocenters. The Kier molecular flexibility index (Phi) is 22.9. The van der Waals surface area contributed by atoms with Gasteiger partial charge in [0.1, 0.15) is 0 Å². The Morgan fingerprint density at radius 3 is 1.36 bits per heavy atom. The van der Waals surface area contributed by atoms with Gasteiger partial charge in [-0.25, -0.2) is 0 Å². The largest absolute Gasteiger partial charge is 0.466 e. The van der Waals surface area contributed by atoms with Crippen molar-refractivity contribution in [3.8, 4) is 0 Å². The monoisotopic (exact) mass is 774 g/mol. The molecular formula is C48H87NO6. The van der Waals surface area contributed by atoms with Gasteiger partial charge in [0, 0.05) is 19.3 Å². The zero-order valence-corrected chi connectivity index (χ0v) is 36.8. The summed E-state index contributed by atoms with van der Waals surface area (Å²) in [6.45, 7) is 15.7. The topological polar surface area (TPSA) is 82.1 Å². The average Bonchev–Trinajstić information content (AvgIpc) is 3.15. The maximum atomic E-state index is 12.7. The molecule has 0 aromatic carbocycles. The van der Waals surface area contributed by atoms with Crippen LogP contribution in [0.15, 0.2) is 0 Å². The number of ether oxygens (including phenoxy) is 3. The summed E-state index contributed by atoms with van der Waals surface area (Å²) in [4.78, 5) is 40.1. The van der Waals surface area contributed by atoms with Crippen LogP contribution in [0.2, 0.25) is 0 Å². The molecule has 4 aliphatic rings. The van der Waals surface area contributed by atoms with Crippen LogP contribution < -0.4 is 0 Å². The van der Waals surface area contributed by atoms with Crippen molar-refractivity contribution in [2.75, 3.05) is 39.5 Å². The normalized spacial score (nSPS) is 24.2. The molecule has 4 rings (SSSR count). The van der Waals surface area contributed by atoms with Gasteiger partial charge in [0.25, 0.3) is 0 Å². The molecule has 4 saturated carbocycles. The Labute approximate surface area is 338 Å². The second kappa shape index (κ2) is 26.4. The highest BCUT2D eigenvalue weighted by Gasteiger charge is 2.62. The lowest BCUT2D eigenvalue weighted by atomic mass is 9.37. The number of carbonyl (C=O) groups excluding carboxylic acids is 3. The third kappa shape index (κ3) is 17.8. The summed E-state index contributed by atoms with van der Waals surface area (Å²) in [6, 6.07) is 0. The summed E-state index contributed by atoms with van der Waals surface area (Å²) in [7, 11) is 0. The molecule has 0 aromatic heterocycles. The molecule has 55 heavy (non-hydrogen) atoms. The van der Waals surface area contributed by atoms with Crippen LogP contribution in [0, 0.1) is 28.1 Å². The first kappa shape index (κ1) is 47.7. The Balaban J connectivity index is 1.50. The zero-order valence-electron chi connectivity index (χ0n) is 36.8. The van der Waals surface area contributed by atoms with Gasteiger partial charge in [0.15, 0.2) is 0 Å². The van der Waals surface area contributed by atoms with Gasteiger partial charge in [-0.2, -0.15) is 0 Å². The maximum absolute atomic E-state index is 12.7. The molecule has 7 heteroatoms. The Morgan fingerprint density at radius 1 is 0.509 bits per heavy atom. The van der Waals surface area contributed by atoms with Gasteiger partial charge in [-0.1, -0.05) is 105 Å². The minimum atomic E-state index is -0.0524. The molecule has 0 saturated heterocycles. The van der Waals surface area contributed by atoms with Crippen molar-refractivity contribution in [2.45, 2.75) is 221 Å². The predicted octanol–water partition coefficient (Wildman–Crippen LogP) is 12.6. The van der Waals surface area contributed by atoms with E-state index in [4.69, 9.17) is 14.2 Å². The molecule has 4 fully saturated rings. The first-order valence-corrected chi connectivity index (χ1v) is 23.8. The minimum absolute atomic E-state index is 0.0189. The highest BCUT2D eigenvalue weighted by Crippen LogP contribution is 2.73. The highest BCUT2D eigenvalue weighted by atomic mass is 16.5. The van der Waals surface area contributed by atoms with Crippen molar-refractivity contribution in [1.29, 1.82) is 0 Å². The van der Waals surface area contributed by atoms with Gasteiger partial charge in [-0.3, -0.25) is 14.4 Å². The van der Waals surface area contributed by atoms with Crippen molar-refractivity contribution in [3.63, 3.8) is 0 Å². The number of unbranched alkanes of at least 4 members (excludes halogenated alkanes) is 6. The van der Waals surface area contributed by atoms with E-state index in [1.165, 1.54) is 96.3 Å². The minimum Gasteiger partial charge on any atom is -0.466 e. The molecule has 0 unspecified atom stereocenters. The fourth-order valence-electron chi connectivity index (χ4n) is 12.0. The molecule has 0 aliphatic heterocycles. The van der Waals surface area contributed by atoms with Crippen molar-refractivity contribution in [3.05, 3.63) is 0 Å². The van der Waals surface area contributed by atoms with E-state index in [1.807, 2.05) is 0 Å². The Hall–Kier alpha value is -1.63. The van der Waals surface area contributed by atoms with E-state index in [0.717, 1.165) is 102 Å². The van der Waals surface area contributed by atoms with E-state index in [1.54, 1.807) is 0 Å². The standard InChI is InChI=1S/C48H87NO6/c1-6-11-12-13-14-15-25-43(50)53-32-19-28-46-35-42-36-47(38-46,29-20-33-54-44(51)26-17-16-24-41(22-7-2)23-8-3)40-48(37-42,39-46)30-21-34-55-45(52)27-18-31-49(9-4)10-5/h41-42H,6-40H2,1-5H3/t42-,46+,47-,48+/m1/s1. The molecule has 0 aromatic rings. The number of hydrogen-bond donors (Lipinski definition) is 0. The molecule has 4 bridgehead atoms. The fraction of sp³-hybridized carbons (Fsp3) is 0.938. The average molecular weight is 774 g/mol. The van der Waals surface area contributed by atoms with Crippen LogP contribution in [0.4, 0.5) is 0 Å². The third-order valence-corrected chi connectivity index (χ3v) is 13.9. The highest BCUT2D eigenvalue weighted by molar-refractivity contribution is 5.69. The van der Waals surface area contributed by atoms with Crippen LogP contribution in [0.25, 0.3) is 0 Å². The zero-order chi connectivity index (χ0) is 39.8. The van der Waals surface area contributed by atoms with Crippen molar-refractivity contribution in [2.24, 2.45) is 28.1 Å². The van der Waals surface area contributed by atoms with Crippen molar-refractivity contribution < 1.29 is 28.6 Å². The van der Waals surface area contributed by atoms with E-state index in [-0.39, 0.29) is 17.9 Å². The number of carbonyl (C=O) groups is 3. The first-order valence-electron chi connectivity index (χ1n) is 23.8. The summed E-state index contributed by atoms with van der Waals surface area (Å²) < 4.78 is 17.4. The summed E-state index contributed by atoms with van der Waals surface area (Å²) in [5.74, 6) is 1.45. The van der Waals surface area contributed by atoms with E-state index in [2.05, 4.69) is 39.5 Å². The summed E-state index contributed by atoms with van der Waals surface area (Å²) in [5.41, 5.74) is 0.901. The molecule has 0 spiro atoms. The lowest BCUT2D eigenvalue weighted by molar-refractivity contribution is -0.173. The van der Waals surface area contributed by atoms with Crippen molar-refractivity contribution >= 4 is 17.9 Å². The van der Waals surface area contributed by atoms with Crippen LogP contribution in [0.5, 0.6) is 0 Å². The first-order chi connectivity index (χ1) is 26.6. The summed E-state index contributed by atoms with van der Waals surface area (Å²) >= 11 is 0. The molecule has 320 valence electrons. The van der Waals surface area contributed by atoms with Gasteiger partial charge in [0.05, 0.1) is 19.8 Å². The van der Waals surface area contributed by atoms with E-state index in [0.29, 0.717) is 55.3 Å². The number of nitrogens with zero attached hydrogens (tertiary/aromatic N) is 1. The van der Waals surface area contributed by atoms with Gasteiger partial charge in [-0.15, -0.1) is 0 Å². The number of rotatable bonds is 34. The Bertz CT molecular complexity index is 1070. The van der Waals surface area contributed by atoms with Gasteiger partial charge < -0.3 is 19.1 Å². The van der Waals surface area contributed by atoms with E-state index >= 15 is 0 Å². The second-order valence-corrected chi connectivity index (χ2v) is 18.8. The van der Waals surface area contributed by atoms with Gasteiger partial charge in [0.2, 0.25) is 0 Å². The second-order valence-electron chi connectivity index (χ2n) is 18.8. The fourth-order valence-corrected chi connectivity index (χ4v) is 12.0. The van der Waals surface area contributed by atoms with E-state index in [9.17, 15) is 14.4 Å². The third-order valence-electron chi connectivity index (χ3n) is 13.9. The molecule has 0 N–H and O–H groups in total. The molecule has 0 heterocycles. The quantitative estimate of drug-likeness (QED) is 0.0366. The van der Waals surface area contributed by atoms with Crippen molar-refractivity contribution in [1.82, 2.24) is 4.90 Å². The van der Waals surface area contributed by atoms with Crippen LogP contribution >= 0.6 is 0 Å². The predicted molar refractivity (Wildman–Crippen MR) is 226 cm³/mol. The molecule has 7 nitrogen and oxygen atoms in total. The SMILES string of the molecule is CCCCCCCCC(=O)OCCC[C@]12C[C@@H]3C[C@](CCCOC(=O)CCCCC(CCC)CCC)(C1)C[C@@](CCCOC(=O)CCCN(CC)CC)(C3)C2. The van der Waals surface area contributed by atoms with Gasteiger partial charge >= 0.3 is 17.9 Å². The van der Waals surface area contributed by atoms with E-state index < -0.39 is 0 Å². The molecule has 0 amide bonds. The van der Waals surface area contributed by atoms with Crippen LogP contribution in [-0.4, -0.2) is 62.3 Å². The van der Waals surface area contributed by atoms with Crippen LogP contribution in [0.1, 0.15) is 221 Å². The number of hydrogen-bond acceptors (Lipinski definition) is 7. The lowest BCUT2D eigenvalue weighted by Gasteiger charge is -2.67. The van der Waals surface area contributed by atoms with Gasteiger partial charge in [-0.05, 0) is 144 Å². The summed E-state index contributed by atoms with van der Waals surface area (Å²) in [5, 5.41) is 0. The molecule has 0 radical (unpaired) electrons. The summed E-state index contributed by atoms with van der Waals surface area (Å²) in [6.07, 6.45) is 31.9. The molecular weight excluding hydrogens is 687 g/mol. The molecule has 4 aliphatic carbocycles. The smallest absolute Gasteiger partial charge is 0.305 e. The lowest BCUT2D eigenvalue weighted by Crippen LogP contribution is -2.57. The number of esters is 3. The van der Waals surface area contributed by atoms with Crippen LogP contribution in [0.3, 0.4) is 0 Å². The van der Waals surface area contributed by atoms with Crippen LogP contribution in [-0.2, 0) is 28.6 Å². The maximum Gasteiger partial charge on any atom is 0.305 e.